The molecule has 1 saturated heterocycles. The lowest BCUT2D eigenvalue weighted by molar-refractivity contribution is -0.148. The summed E-state index contributed by atoms with van der Waals surface area (Å²) in [7, 11) is 1.32. The average molecular weight is 281 g/mol. The van der Waals surface area contributed by atoms with E-state index in [1.807, 2.05) is 24.3 Å². The summed E-state index contributed by atoms with van der Waals surface area (Å²) in [6, 6.07) is 6.80. The summed E-state index contributed by atoms with van der Waals surface area (Å²) in [5.74, 6) is 7.95. The fourth-order valence-corrected chi connectivity index (χ4v) is 2.25. The Kier molecular flexibility index (Phi) is 4.64. The minimum absolute atomic E-state index is 0.0788. The molecule has 0 N–H and O–H groups in total. The van der Waals surface area contributed by atoms with E-state index in [4.69, 9.17) is 11.2 Å². The van der Waals surface area contributed by atoms with E-state index in [2.05, 4.69) is 17.8 Å². The maximum Gasteiger partial charge on any atom is 0.328 e. The average Bonchev–Trinajstić information content (AvgIpc) is 2.88. The number of rotatable bonds is 2. The molecule has 21 heavy (non-hydrogen) atoms. The quantitative estimate of drug-likeness (QED) is 0.604. The molecule has 1 aromatic rings. The van der Waals surface area contributed by atoms with Crippen LogP contribution in [0.4, 0.5) is 0 Å². The molecule has 0 unspecified atom stereocenters. The summed E-state index contributed by atoms with van der Waals surface area (Å²) in [4.78, 5) is 24.9. The molecule has 1 atom stereocenters. The Labute approximate surface area is 124 Å². The summed E-state index contributed by atoms with van der Waals surface area (Å²) in [6.07, 6.45) is 6.23. The second-order valence-corrected chi connectivity index (χ2v) is 4.59. The highest BCUT2D eigenvalue weighted by molar-refractivity contribution is 5.88. The van der Waals surface area contributed by atoms with Crippen molar-refractivity contribution < 1.29 is 14.3 Å². The first kappa shape index (κ1) is 14.7. The van der Waals surface area contributed by atoms with E-state index in [0.717, 1.165) is 5.56 Å². The highest BCUT2D eigenvalue weighted by Crippen LogP contribution is 2.19. The van der Waals surface area contributed by atoms with Crippen LogP contribution in [0.5, 0.6) is 0 Å². The van der Waals surface area contributed by atoms with Crippen molar-refractivity contribution in [3.63, 3.8) is 0 Å². The van der Waals surface area contributed by atoms with Gasteiger partial charge in [-0.05, 0) is 18.6 Å². The molecule has 1 aliphatic heterocycles. The third kappa shape index (κ3) is 3.24. The molecule has 1 aromatic carbocycles. The number of carbonyl (C=O) groups excluding carboxylic acids is 2. The van der Waals surface area contributed by atoms with Crippen LogP contribution in [0.25, 0.3) is 0 Å². The fraction of sp³-hybridized carbons (Fsp3) is 0.294. The highest BCUT2D eigenvalue weighted by atomic mass is 16.5. The number of amides is 1. The predicted molar refractivity (Wildman–Crippen MR) is 78.0 cm³/mol. The number of ether oxygens (including phenoxy) is 1. The number of terminal acetylenes is 1. The van der Waals surface area contributed by atoms with Gasteiger partial charge in [-0.2, -0.15) is 0 Å². The normalized spacial score (nSPS) is 16.9. The molecule has 1 fully saturated rings. The largest absolute Gasteiger partial charge is 0.467 e. The number of likely N-dealkylation sites (tertiary alicyclic amines) is 1. The van der Waals surface area contributed by atoms with Crippen molar-refractivity contribution >= 4 is 11.9 Å². The minimum Gasteiger partial charge on any atom is -0.467 e. The lowest BCUT2D eigenvalue weighted by Gasteiger charge is -2.19. The van der Waals surface area contributed by atoms with Crippen molar-refractivity contribution in [1.82, 2.24) is 4.90 Å². The Morgan fingerprint density at radius 3 is 2.81 bits per heavy atom. The Balaban J connectivity index is 2.12. The molecule has 0 spiro atoms. The van der Waals surface area contributed by atoms with Gasteiger partial charge < -0.3 is 9.64 Å². The van der Waals surface area contributed by atoms with Gasteiger partial charge in [0.1, 0.15) is 6.04 Å². The fourth-order valence-electron chi connectivity index (χ4n) is 2.25. The monoisotopic (exact) mass is 281 g/mol. The zero-order chi connectivity index (χ0) is 15.2. The lowest BCUT2D eigenvalue weighted by atomic mass is 10.1. The number of benzene rings is 1. The van der Waals surface area contributed by atoms with Crippen LogP contribution >= 0.6 is 0 Å². The van der Waals surface area contributed by atoms with Gasteiger partial charge in [0.2, 0.25) is 5.91 Å². The van der Waals surface area contributed by atoms with Gasteiger partial charge >= 0.3 is 5.97 Å². The minimum atomic E-state index is -0.528. The van der Waals surface area contributed by atoms with E-state index in [1.54, 1.807) is 0 Å². The van der Waals surface area contributed by atoms with Crippen LogP contribution in [-0.4, -0.2) is 36.5 Å². The summed E-state index contributed by atoms with van der Waals surface area (Å²) >= 11 is 0. The highest BCUT2D eigenvalue weighted by Gasteiger charge is 2.36. The van der Waals surface area contributed by atoms with Gasteiger partial charge in [0.05, 0.1) is 13.7 Å². The molecule has 0 aliphatic carbocycles. The van der Waals surface area contributed by atoms with Crippen LogP contribution in [0, 0.1) is 24.2 Å². The van der Waals surface area contributed by atoms with E-state index >= 15 is 0 Å². The molecule has 0 radical (unpaired) electrons. The summed E-state index contributed by atoms with van der Waals surface area (Å²) in [5.41, 5.74) is 1.45. The van der Waals surface area contributed by atoms with E-state index in [-0.39, 0.29) is 12.5 Å². The Morgan fingerprint density at radius 1 is 1.43 bits per heavy atom. The van der Waals surface area contributed by atoms with E-state index < -0.39 is 12.0 Å². The van der Waals surface area contributed by atoms with Crippen molar-refractivity contribution in [2.75, 3.05) is 13.7 Å². The van der Waals surface area contributed by atoms with Gasteiger partial charge in [0, 0.05) is 17.5 Å². The first-order chi connectivity index (χ1) is 10.2. The molecule has 0 bridgehead atoms. The predicted octanol–water partition coefficient (Wildman–Crippen LogP) is 1.18. The molecule has 1 amide bonds. The maximum atomic E-state index is 11.8. The third-order valence-electron chi connectivity index (χ3n) is 3.36. The molecule has 4 nitrogen and oxygen atoms in total. The van der Waals surface area contributed by atoms with E-state index in [1.165, 1.54) is 12.0 Å². The van der Waals surface area contributed by atoms with Crippen molar-refractivity contribution in [2.45, 2.75) is 18.9 Å². The molecule has 4 heteroatoms. The number of hydrogen-bond acceptors (Lipinski definition) is 3. The van der Waals surface area contributed by atoms with Crippen molar-refractivity contribution in [1.29, 1.82) is 0 Å². The number of hydrogen-bond donors (Lipinski definition) is 0. The lowest BCUT2D eigenvalue weighted by Crippen LogP contribution is -2.39. The number of methoxy groups -OCH3 is 1. The standard InChI is InChI=1S/C17H15NO3/c1-3-13-7-4-5-8-14(13)9-6-12-18-15(17(20)21-2)10-11-16(18)19/h1,4-5,7-8,15H,10-12H2,2H3/t15-/m0/s1. The van der Waals surface area contributed by atoms with E-state index in [9.17, 15) is 9.59 Å². The van der Waals surface area contributed by atoms with Crippen LogP contribution in [0.3, 0.4) is 0 Å². The molecule has 106 valence electrons. The molecular formula is C17H15NO3. The number of esters is 1. The van der Waals surface area contributed by atoms with Gasteiger partial charge in [-0.15, -0.1) is 6.42 Å². The summed E-state index contributed by atoms with van der Waals surface area (Å²) < 4.78 is 4.71. The second-order valence-electron chi connectivity index (χ2n) is 4.59. The first-order valence-electron chi connectivity index (χ1n) is 6.59. The second kappa shape index (κ2) is 6.63. The van der Waals surface area contributed by atoms with Gasteiger partial charge in [-0.1, -0.05) is 29.9 Å². The Morgan fingerprint density at radius 2 is 2.14 bits per heavy atom. The topological polar surface area (TPSA) is 46.6 Å². The Hall–Kier alpha value is -2.72. The zero-order valence-corrected chi connectivity index (χ0v) is 11.8. The number of nitrogens with zero attached hydrogens (tertiary/aromatic N) is 1. The molecule has 0 aromatic heterocycles. The van der Waals surface area contributed by atoms with Crippen molar-refractivity contribution in [2.24, 2.45) is 0 Å². The molecular weight excluding hydrogens is 266 g/mol. The first-order valence-corrected chi connectivity index (χ1v) is 6.59. The van der Waals surface area contributed by atoms with Crippen LogP contribution in [0.15, 0.2) is 24.3 Å². The molecule has 2 rings (SSSR count). The molecule has 0 saturated carbocycles. The number of carbonyl (C=O) groups is 2. The van der Waals surface area contributed by atoms with Crippen LogP contribution < -0.4 is 0 Å². The smallest absolute Gasteiger partial charge is 0.328 e. The summed E-state index contributed by atoms with van der Waals surface area (Å²) in [6.45, 7) is 0.192. The van der Waals surface area contributed by atoms with Crippen LogP contribution in [0.2, 0.25) is 0 Å². The third-order valence-corrected chi connectivity index (χ3v) is 3.36. The van der Waals surface area contributed by atoms with Gasteiger partial charge in [0.25, 0.3) is 0 Å². The van der Waals surface area contributed by atoms with Crippen molar-refractivity contribution in [3.8, 4) is 24.2 Å². The molecule has 1 heterocycles. The zero-order valence-electron chi connectivity index (χ0n) is 11.8. The molecule has 1 aliphatic rings. The Bertz CT molecular complexity index is 661. The van der Waals surface area contributed by atoms with Crippen molar-refractivity contribution in [3.05, 3.63) is 35.4 Å². The van der Waals surface area contributed by atoms with Crippen LogP contribution in [0.1, 0.15) is 24.0 Å². The van der Waals surface area contributed by atoms with Gasteiger partial charge in [-0.3, -0.25) is 4.79 Å². The maximum absolute atomic E-state index is 11.8. The van der Waals surface area contributed by atoms with E-state index in [0.29, 0.717) is 18.4 Å². The van der Waals surface area contributed by atoms with Gasteiger partial charge in [-0.25, -0.2) is 4.79 Å². The summed E-state index contributed by atoms with van der Waals surface area (Å²) in [5, 5.41) is 0. The van der Waals surface area contributed by atoms with Crippen LogP contribution in [-0.2, 0) is 14.3 Å². The van der Waals surface area contributed by atoms with Gasteiger partial charge in [0.15, 0.2) is 0 Å². The SMILES string of the molecule is C#Cc1ccccc1C#CCN1C(=O)CC[C@H]1C(=O)OC.